The molecule has 2 fully saturated rings. The normalized spacial score (nSPS) is 26.6. The van der Waals surface area contributed by atoms with Gasteiger partial charge in [-0.2, -0.15) is 0 Å². The second-order valence-corrected chi connectivity index (χ2v) is 8.22. The van der Waals surface area contributed by atoms with Crippen LogP contribution in [0.5, 0.6) is 0 Å². The average Bonchev–Trinajstić information content (AvgIpc) is 3.22. The van der Waals surface area contributed by atoms with Crippen molar-refractivity contribution < 1.29 is 13.6 Å². The molecule has 2 aromatic carbocycles. The van der Waals surface area contributed by atoms with Crippen molar-refractivity contribution in [1.82, 2.24) is 9.80 Å². The van der Waals surface area contributed by atoms with Gasteiger partial charge in [-0.3, -0.25) is 9.69 Å². The number of nitrogens with zero attached hydrogens (tertiary/aromatic N) is 2. The van der Waals surface area contributed by atoms with Gasteiger partial charge in [0.2, 0.25) is 5.91 Å². The van der Waals surface area contributed by atoms with Crippen LogP contribution in [0.1, 0.15) is 17.5 Å². The van der Waals surface area contributed by atoms with Crippen LogP contribution in [-0.2, 0) is 16.6 Å². The number of fused-ring (bicyclic) bond motifs is 1. The molecule has 28 heavy (non-hydrogen) atoms. The van der Waals surface area contributed by atoms with Gasteiger partial charge in [0, 0.05) is 13.1 Å². The number of amides is 1. The van der Waals surface area contributed by atoms with Crippen LogP contribution < -0.4 is 0 Å². The maximum atomic E-state index is 14.8. The average molecular weight is 384 g/mol. The SMILES string of the molecule is CN(C)C(Cc1ccccc1)C(=O)N1CCC2(c3ccccc3)C(C1)C2(F)F. The quantitative estimate of drug-likeness (QED) is 0.787. The molecule has 1 saturated heterocycles. The Morgan fingerprint density at radius 3 is 2.29 bits per heavy atom. The van der Waals surface area contributed by atoms with Crippen molar-refractivity contribution in [3.8, 4) is 0 Å². The van der Waals surface area contributed by atoms with Gasteiger partial charge in [-0.15, -0.1) is 0 Å². The van der Waals surface area contributed by atoms with Crippen LogP contribution in [0.3, 0.4) is 0 Å². The molecular formula is C23H26F2N2O. The number of carbonyl (C=O) groups excluding carboxylic acids is 1. The summed E-state index contributed by atoms with van der Waals surface area (Å²) in [6.45, 7) is 0.499. The third kappa shape index (κ3) is 2.93. The smallest absolute Gasteiger partial charge is 0.263 e. The predicted octanol–water partition coefficient (Wildman–Crippen LogP) is 3.59. The molecule has 3 atom stereocenters. The Labute approximate surface area is 165 Å². The van der Waals surface area contributed by atoms with Crippen molar-refractivity contribution in [2.24, 2.45) is 5.92 Å². The van der Waals surface area contributed by atoms with E-state index >= 15 is 0 Å². The molecule has 4 rings (SSSR count). The molecule has 2 aromatic rings. The summed E-state index contributed by atoms with van der Waals surface area (Å²) in [4.78, 5) is 16.7. The second-order valence-electron chi connectivity index (χ2n) is 8.22. The number of rotatable bonds is 5. The number of likely N-dealkylation sites (tertiary alicyclic amines) is 1. The number of piperidine rings is 1. The summed E-state index contributed by atoms with van der Waals surface area (Å²) >= 11 is 0. The molecule has 0 aromatic heterocycles. The van der Waals surface area contributed by atoms with Gasteiger partial charge in [0.25, 0.3) is 5.92 Å². The van der Waals surface area contributed by atoms with Crippen LogP contribution in [0, 0.1) is 5.92 Å². The second kappa shape index (κ2) is 6.96. The highest BCUT2D eigenvalue weighted by Gasteiger charge is 2.81. The highest BCUT2D eigenvalue weighted by Crippen LogP contribution is 2.70. The molecule has 5 heteroatoms. The van der Waals surface area contributed by atoms with Gasteiger partial charge in [-0.05, 0) is 38.1 Å². The van der Waals surface area contributed by atoms with E-state index in [0.29, 0.717) is 24.9 Å². The topological polar surface area (TPSA) is 23.6 Å². The summed E-state index contributed by atoms with van der Waals surface area (Å²) < 4.78 is 29.7. The van der Waals surface area contributed by atoms with Crippen molar-refractivity contribution in [3.63, 3.8) is 0 Å². The van der Waals surface area contributed by atoms with Crippen molar-refractivity contribution in [2.75, 3.05) is 27.2 Å². The van der Waals surface area contributed by atoms with E-state index in [4.69, 9.17) is 0 Å². The van der Waals surface area contributed by atoms with E-state index in [1.54, 1.807) is 17.0 Å². The first-order chi connectivity index (χ1) is 13.4. The number of alkyl halides is 2. The van der Waals surface area contributed by atoms with E-state index in [0.717, 1.165) is 5.56 Å². The lowest BCUT2D eigenvalue weighted by Gasteiger charge is -2.35. The van der Waals surface area contributed by atoms with Crippen molar-refractivity contribution >= 4 is 5.91 Å². The van der Waals surface area contributed by atoms with Crippen LogP contribution in [-0.4, -0.2) is 54.9 Å². The van der Waals surface area contributed by atoms with Crippen LogP contribution >= 0.6 is 0 Å². The lowest BCUT2D eigenvalue weighted by Crippen LogP contribution is -2.50. The summed E-state index contributed by atoms with van der Waals surface area (Å²) in [6, 6.07) is 18.6. The van der Waals surface area contributed by atoms with Gasteiger partial charge >= 0.3 is 0 Å². The Balaban J connectivity index is 1.51. The lowest BCUT2D eigenvalue weighted by molar-refractivity contribution is -0.137. The van der Waals surface area contributed by atoms with E-state index < -0.39 is 17.3 Å². The Bertz CT molecular complexity index is 840. The molecule has 0 bridgehead atoms. The molecule has 1 aliphatic heterocycles. The van der Waals surface area contributed by atoms with Gasteiger partial charge < -0.3 is 4.90 Å². The molecule has 1 saturated carbocycles. The van der Waals surface area contributed by atoms with Gasteiger partial charge in [-0.1, -0.05) is 60.7 Å². The van der Waals surface area contributed by atoms with Crippen LogP contribution in [0.4, 0.5) is 8.78 Å². The fraction of sp³-hybridized carbons (Fsp3) is 0.435. The third-order valence-electron chi connectivity index (χ3n) is 6.50. The number of hydrogen-bond acceptors (Lipinski definition) is 2. The Morgan fingerprint density at radius 1 is 1.11 bits per heavy atom. The maximum absolute atomic E-state index is 14.8. The maximum Gasteiger partial charge on any atom is 0.263 e. The van der Waals surface area contributed by atoms with E-state index in [2.05, 4.69) is 0 Å². The number of halogens is 2. The summed E-state index contributed by atoms with van der Waals surface area (Å²) in [6.07, 6.45) is 0.889. The zero-order valence-electron chi connectivity index (χ0n) is 16.3. The fourth-order valence-corrected chi connectivity index (χ4v) is 4.78. The van der Waals surface area contributed by atoms with Crippen molar-refractivity contribution in [2.45, 2.75) is 30.2 Å². The molecule has 3 unspecified atom stereocenters. The predicted molar refractivity (Wildman–Crippen MR) is 105 cm³/mol. The molecule has 3 nitrogen and oxygen atoms in total. The van der Waals surface area contributed by atoms with Gasteiger partial charge in [0.1, 0.15) is 0 Å². The zero-order valence-corrected chi connectivity index (χ0v) is 16.3. The highest BCUT2D eigenvalue weighted by molar-refractivity contribution is 5.82. The van der Waals surface area contributed by atoms with E-state index in [9.17, 15) is 13.6 Å². The van der Waals surface area contributed by atoms with Crippen molar-refractivity contribution in [3.05, 3.63) is 71.8 Å². The number of hydrogen-bond donors (Lipinski definition) is 0. The molecule has 0 N–H and O–H groups in total. The number of carbonyl (C=O) groups is 1. The minimum Gasteiger partial charge on any atom is -0.341 e. The van der Waals surface area contributed by atoms with Crippen LogP contribution in [0.25, 0.3) is 0 Å². The van der Waals surface area contributed by atoms with Crippen LogP contribution in [0.2, 0.25) is 0 Å². The molecule has 2 aliphatic rings. The molecule has 0 spiro atoms. The van der Waals surface area contributed by atoms with Gasteiger partial charge in [0.15, 0.2) is 0 Å². The van der Waals surface area contributed by atoms with Gasteiger partial charge in [-0.25, -0.2) is 8.78 Å². The number of benzene rings is 2. The summed E-state index contributed by atoms with van der Waals surface area (Å²) in [5.74, 6) is -3.60. The van der Waals surface area contributed by atoms with Crippen molar-refractivity contribution in [1.29, 1.82) is 0 Å². The molecule has 1 aliphatic carbocycles. The lowest BCUT2D eigenvalue weighted by atomic mass is 9.86. The Morgan fingerprint density at radius 2 is 1.71 bits per heavy atom. The first-order valence-electron chi connectivity index (χ1n) is 9.80. The minimum atomic E-state index is -2.75. The molecule has 1 amide bonds. The highest BCUT2D eigenvalue weighted by atomic mass is 19.3. The molecular weight excluding hydrogens is 358 g/mol. The fourth-order valence-electron chi connectivity index (χ4n) is 4.78. The van der Waals surface area contributed by atoms with Crippen LogP contribution in [0.15, 0.2) is 60.7 Å². The summed E-state index contributed by atoms with van der Waals surface area (Å²) in [5, 5.41) is 0. The first kappa shape index (κ1) is 19.1. The molecule has 1 heterocycles. The molecule has 0 radical (unpaired) electrons. The van der Waals surface area contributed by atoms with E-state index in [-0.39, 0.29) is 18.5 Å². The third-order valence-corrected chi connectivity index (χ3v) is 6.50. The van der Waals surface area contributed by atoms with E-state index in [1.807, 2.05) is 67.5 Å². The monoisotopic (exact) mass is 384 g/mol. The number of likely N-dealkylation sites (N-methyl/N-ethyl adjacent to an activating group) is 1. The minimum absolute atomic E-state index is 0.0572. The standard InChI is InChI=1S/C23H26F2N2O/c1-26(2)19(15-17-9-5-3-6-10-17)21(28)27-14-13-22(18-11-7-4-8-12-18)20(16-27)23(22,24)25/h3-12,19-20H,13-16H2,1-2H3. The molecule has 148 valence electrons. The van der Waals surface area contributed by atoms with Gasteiger partial charge in [0.05, 0.1) is 17.4 Å². The Hall–Kier alpha value is -2.27. The first-order valence-corrected chi connectivity index (χ1v) is 9.80. The van der Waals surface area contributed by atoms with E-state index in [1.165, 1.54) is 0 Å². The summed E-state index contributed by atoms with van der Waals surface area (Å²) in [7, 11) is 3.74. The summed E-state index contributed by atoms with van der Waals surface area (Å²) in [5.41, 5.74) is 0.672. The largest absolute Gasteiger partial charge is 0.341 e. The Kier molecular flexibility index (Phi) is 4.74. The zero-order chi connectivity index (χ0) is 19.9.